The van der Waals surface area contributed by atoms with Crippen LogP contribution in [0.5, 0.6) is 0 Å². The molecule has 0 radical (unpaired) electrons. The van der Waals surface area contributed by atoms with Crippen LogP contribution in [-0.2, 0) is 20.8 Å². The monoisotopic (exact) mass is 355 g/mol. The van der Waals surface area contributed by atoms with Crippen LogP contribution in [0.1, 0.15) is 54.4 Å². The molecule has 0 saturated heterocycles. The lowest BCUT2D eigenvalue weighted by molar-refractivity contribution is -0.136. The average molecular weight is 355 g/mol. The number of carbonyl (C=O) groups is 4. The summed E-state index contributed by atoms with van der Waals surface area (Å²) in [7, 11) is 0. The second kappa shape index (κ2) is 9.63. The molecule has 1 fully saturated rings. The van der Waals surface area contributed by atoms with E-state index in [4.69, 9.17) is 5.53 Å². The normalized spacial score (nSPS) is 14.8. The summed E-state index contributed by atoms with van der Waals surface area (Å²) in [5, 5.41) is 3.42. The molecule has 1 aromatic carbocycles. The molecule has 0 bridgehead atoms. The first-order valence-electron chi connectivity index (χ1n) is 8.68. The summed E-state index contributed by atoms with van der Waals surface area (Å²) < 4.78 is 0. The molecule has 7 heteroatoms. The first-order valence-corrected chi connectivity index (χ1v) is 8.68. The molecule has 2 rings (SSSR count). The minimum atomic E-state index is -0.513. The summed E-state index contributed by atoms with van der Waals surface area (Å²) >= 11 is 0. The maximum absolute atomic E-state index is 12.3. The summed E-state index contributed by atoms with van der Waals surface area (Å²) in [6.07, 6.45) is 2.11. The van der Waals surface area contributed by atoms with Gasteiger partial charge in [0.2, 0.25) is 0 Å². The Labute approximate surface area is 151 Å². The number of azide groups is 1. The summed E-state index contributed by atoms with van der Waals surface area (Å²) in [4.78, 5) is 50.0. The smallest absolute Gasteiger partial charge is 0.162 e. The van der Waals surface area contributed by atoms with Gasteiger partial charge in [0.15, 0.2) is 5.78 Å². The van der Waals surface area contributed by atoms with E-state index in [9.17, 15) is 19.2 Å². The molecule has 0 aliphatic heterocycles. The van der Waals surface area contributed by atoms with E-state index in [1.807, 2.05) is 0 Å². The second-order valence-corrected chi connectivity index (χ2v) is 6.53. The topological polar surface area (TPSA) is 117 Å². The molecule has 0 spiro atoms. The molecule has 1 saturated carbocycles. The Morgan fingerprint density at radius 3 is 2.35 bits per heavy atom. The van der Waals surface area contributed by atoms with Gasteiger partial charge in [-0.25, -0.2) is 0 Å². The van der Waals surface area contributed by atoms with Crippen molar-refractivity contribution >= 4 is 23.1 Å². The summed E-state index contributed by atoms with van der Waals surface area (Å²) in [5.41, 5.74) is 9.53. The van der Waals surface area contributed by atoms with E-state index in [0.717, 1.165) is 5.56 Å². The van der Waals surface area contributed by atoms with E-state index in [1.165, 1.54) is 0 Å². The number of nitrogens with zero attached hydrogens (tertiary/aromatic N) is 3. The van der Waals surface area contributed by atoms with E-state index < -0.39 is 5.92 Å². The molecule has 0 amide bonds. The van der Waals surface area contributed by atoms with E-state index in [0.29, 0.717) is 31.4 Å². The Balaban J connectivity index is 1.85. The summed E-state index contributed by atoms with van der Waals surface area (Å²) in [5.74, 6) is -0.945. The van der Waals surface area contributed by atoms with Gasteiger partial charge in [-0.05, 0) is 23.9 Å². The lowest BCUT2D eigenvalue weighted by Crippen LogP contribution is -2.29. The molecular weight excluding hydrogens is 334 g/mol. The predicted molar refractivity (Wildman–Crippen MR) is 94.7 cm³/mol. The van der Waals surface area contributed by atoms with Crippen LogP contribution in [0.3, 0.4) is 0 Å². The van der Waals surface area contributed by atoms with Crippen LogP contribution < -0.4 is 0 Å². The highest BCUT2D eigenvalue weighted by molar-refractivity contribution is 6.05. The molecule has 0 heterocycles. The number of benzene rings is 1. The number of hydrogen-bond donors (Lipinski definition) is 0. The zero-order chi connectivity index (χ0) is 18.9. The number of Topliss-reactive ketones (excluding diaryl/α,β-unsaturated/α-hetero) is 4. The van der Waals surface area contributed by atoms with Crippen molar-refractivity contribution in [3.63, 3.8) is 0 Å². The third-order valence-corrected chi connectivity index (χ3v) is 4.43. The largest absolute Gasteiger partial charge is 0.299 e. The minimum Gasteiger partial charge on any atom is -0.299 e. The van der Waals surface area contributed by atoms with Crippen molar-refractivity contribution in [3.8, 4) is 0 Å². The Morgan fingerprint density at radius 2 is 1.73 bits per heavy atom. The van der Waals surface area contributed by atoms with E-state index in [2.05, 4.69) is 10.0 Å². The molecule has 136 valence electrons. The molecule has 7 nitrogen and oxygen atoms in total. The van der Waals surface area contributed by atoms with E-state index in [1.54, 1.807) is 24.3 Å². The lowest BCUT2D eigenvalue weighted by atomic mass is 9.83. The van der Waals surface area contributed by atoms with Gasteiger partial charge in [-0.15, -0.1) is 0 Å². The van der Waals surface area contributed by atoms with Crippen molar-refractivity contribution in [3.05, 3.63) is 45.8 Å². The third kappa shape index (κ3) is 5.93. The first kappa shape index (κ1) is 19.5. The molecule has 1 aliphatic carbocycles. The van der Waals surface area contributed by atoms with Crippen molar-refractivity contribution in [2.45, 2.75) is 44.9 Å². The number of ketones is 4. The zero-order valence-corrected chi connectivity index (χ0v) is 14.5. The van der Waals surface area contributed by atoms with Gasteiger partial charge in [0.1, 0.15) is 17.3 Å². The summed E-state index contributed by atoms with van der Waals surface area (Å²) in [6, 6.07) is 6.85. The highest BCUT2D eigenvalue weighted by atomic mass is 16.2. The molecule has 0 aromatic heterocycles. The fourth-order valence-electron chi connectivity index (χ4n) is 3.02. The number of unbranched alkanes of at least 4 members (excludes halogenated alkanes) is 1. The maximum Gasteiger partial charge on any atom is 0.162 e. The SMILES string of the molecule is [N-]=[N+]=NCCCCC(=O)c1ccc(CC(=O)C2CC(=O)CC(=O)C2)cc1. The van der Waals surface area contributed by atoms with Crippen LogP contribution in [0.15, 0.2) is 29.4 Å². The number of carbonyl (C=O) groups excluding carboxylic acids is 4. The van der Waals surface area contributed by atoms with Crippen molar-refractivity contribution < 1.29 is 19.2 Å². The fourth-order valence-corrected chi connectivity index (χ4v) is 3.02. The third-order valence-electron chi connectivity index (χ3n) is 4.43. The van der Waals surface area contributed by atoms with Gasteiger partial charge in [-0.1, -0.05) is 29.4 Å². The molecule has 0 N–H and O–H groups in total. The molecule has 26 heavy (non-hydrogen) atoms. The standard InChI is InChI=1S/C19H21N3O4/c20-22-21-8-2-1-3-18(25)14-6-4-13(5-7-14)9-19(26)15-10-16(23)12-17(24)11-15/h4-7,15H,1-3,8-12H2. The van der Waals surface area contributed by atoms with Gasteiger partial charge < -0.3 is 0 Å². The Kier molecular flexibility index (Phi) is 7.24. The van der Waals surface area contributed by atoms with Crippen LogP contribution in [-0.4, -0.2) is 29.7 Å². The number of hydrogen-bond acceptors (Lipinski definition) is 5. The molecule has 1 aliphatic rings. The van der Waals surface area contributed by atoms with Gasteiger partial charge in [0, 0.05) is 48.6 Å². The predicted octanol–water partition coefficient (Wildman–Crippen LogP) is 3.40. The highest BCUT2D eigenvalue weighted by Crippen LogP contribution is 2.21. The van der Waals surface area contributed by atoms with Gasteiger partial charge in [-0.3, -0.25) is 19.2 Å². The van der Waals surface area contributed by atoms with Crippen molar-refractivity contribution in [1.82, 2.24) is 0 Å². The highest BCUT2D eigenvalue weighted by Gasteiger charge is 2.30. The van der Waals surface area contributed by atoms with E-state index >= 15 is 0 Å². The molecule has 0 atom stereocenters. The van der Waals surface area contributed by atoms with Gasteiger partial charge >= 0.3 is 0 Å². The van der Waals surface area contributed by atoms with Crippen molar-refractivity contribution in [2.24, 2.45) is 11.0 Å². The van der Waals surface area contributed by atoms with E-state index in [-0.39, 0.29) is 48.8 Å². The first-order chi connectivity index (χ1) is 12.5. The zero-order valence-electron chi connectivity index (χ0n) is 14.5. The number of rotatable bonds is 9. The van der Waals surface area contributed by atoms with Crippen molar-refractivity contribution in [2.75, 3.05) is 6.54 Å². The van der Waals surface area contributed by atoms with Gasteiger partial charge in [-0.2, -0.15) is 0 Å². The van der Waals surface area contributed by atoms with Crippen LogP contribution in [0, 0.1) is 5.92 Å². The van der Waals surface area contributed by atoms with Crippen LogP contribution in [0.25, 0.3) is 10.4 Å². The van der Waals surface area contributed by atoms with Crippen LogP contribution in [0.2, 0.25) is 0 Å². The van der Waals surface area contributed by atoms with Crippen LogP contribution in [0.4, 0.5) is 0 Å². The van der Waals surface area contributed by atoms with Crippen LogP contribution >= 0.6 is 0 Å². The van der Waals surface area contributed by atoms with Crippen molar-refractivity contribution in [1.29, 1.82) is 0 Å². The maximum atomic E-state index is 12.3. The molecular formula is C19H21N3O4. The Bertz CT molecular complexity index is 733. The average Bonchev–Trinajstić information content (AvgIpc) is 2.61. The fraction of sp³-hybridized carbons (Fsp3) is 0.474. The Morgan fingerprint density at radius 1 is 1.08 bits per heavy atom. The molecule has 1 aromatic rings. The summed E-state index contributed by atoms with van der Waals surface area (Å²) in [6.45, 7) is 0.386. The minimum absolute atomic E-state index is 0.00675. The van der Waals surface area contributed by atoms with Gasteiger partial charge in [0.25, 0.3) is 0 Å². The quantitative estimate of drug-likeness (QED) is 0.168. The molecule has 0 unspecified atom stereocenters. The lowest BCUT2D eigenvalue weighted by Gasteiger charge is -2.18. The Hall–Kier alpha value is -2.79. The second-order valence-electron chi connectivity index (χ2n) is 6.53. The van der Waals surface area contributed by atoms with Gasteiger partial charge in [0.05, 0.1) is 6.42 Å².